The summed E-state index contributed by atoms with van der Waals surface area (Å²) in [6.07, 6.45) is 1.73. The second-order valence-corrected chi connectivity index (χ2v) is 4.46. The molecule has 2 rings (SSSR count). The highest BCUT2D eigenvalue weighted by molar-refractivity contribution is 6.00. The Balaban J connectivity index is 2.14. The Labute approximate surface area is 106 Å². The van der Waals surface area contributed by atoms with Gasteiger partial charge in [0.05, 0.1) is 17.7 Å². The predicted octanol–water partition coefficient (Wildman–Crippen LogP) is 2.17. The monoisotopic (exact) mass is 243 g/mol. The van der Waals surface area contributed by atoms with E-state index in [1.165, 1.54) is 0 Å². The summed E-state index contributed by atoms with van der Waals surface area (Å²) in [5, 5.41) is 6.98. The maximum absolute atomic E-state index is 11.8. The van der Waals surface area contributed by atoms with Gasteiger partial charge in [-0.2, -0.15) is 0 Å². The molecule has 4 nitrogen and oxygen atoms in total. The Hall–Kier alpha value is -1.94. The third kappa shape index (κ3) is 3.05. The van der Waals surface area contributed by atoms with Gasteiger partial charge in [0.1, 0.15) is 0 Å². The van der Waals surface area contributed by atoms with E-state index in [0.717, 1.165) is 16.6 Å². The van der Waals surface area contributed by atoms with E-state index in [-0.39, 0.29) is 5.91 Å². The Kier molecular flexibility index (Phi) is 3.89. The minimum absolute atomic E-state index is 0.0538. The number of pyridine rings is 1. The van der Waals surface area contributed by atoms with E-state index < -0.39 is 0 Å². The van der Waals surface area contributed by atoms with Crippen molar-refractivity contribution >= 4 is 22.5 Å². The quantitative estimate of drug-likeness (QED) is 0.865. The van der Waals surface area contributed by atoms with Gasteiger partial charge in [0, 0.05) is 17.6 Å². The Morgan fingerprint density at radius 2 is 2.06 bits per heavy atom. The molecule has 2 aromatic rings. The molecule has 0 bridgehead atoms. The number of hydrogen-bond donors (Lipinski definition) is 2. The minimum Gasteiger partial charge on any atom is -0.323 e. The number of hydrogen-bond acceptors (Lipinski definition) is 3. The molecule has 1 amide bonds. The first kappa shape index (κ1) is 12.5. The smallest absolute Gasteiger partial charge is 0.238 e. The summed E-state index contributed by atoms with van der Waals surface area (Å²) in [5.41, 5.74) is 1.57. The van der Waals surface area contributed by atoms with Gasteiger partial charge in [0.25, 0.3) is 0 Å². The molecule has 94 valence electrons. The van der Waals surface area contributed by atoms with E-state index in [9.17, 15) is 4.79 Å². The lowest BCUT2D eigenvalue weighted by Crippen LogP contribution is -2.32. The molecule has 0 atom stereocenters. The highest BCUT2D eigenvalue weighted by Gasteiger charge is 2.06. The van der Waals surface area contributed by atoms with Crippen LogP contribution in [0.1, 0.15) is 13.8 Å². The van der Waals surface area contributed by atoms with Crippen LogP contribution in [0.2, 0.25) is 0 Å². The maximum atomic E-state index is 11.8. The van der Waals surface area contributed by atoms with Gasteiger partial charge in [-0.3, -0.25) is 9.78 Å². The Morgan fingerprint density at radius 1 is 1.28 bits per heavy atom. The molecular formula is C14H17N3O. The van der Waals surface area contributed by atoms with Crippen molar-refractivity contribution < 1.29 is 4.79 Å². The van der Waals surface area contributed by atoms with Crippen molar-refractivity contribution in [2.75, 3.05) is 11.9 Å². The molecule has 0 aliphatic rings. The van der Waals surface area contributed by atoms with Crippen molar-refractivity contribution in [2.24, 2.45) is 0 Å². The highest BCUT2D eigenvalue weighted by atomic mass is 16.1. The van der Waals surface area contributed by atoms with Crippen LogP contribution >= 0.6 is 0 Å². The van der Waals surface area contributed by atoms with Gasteiger partial charge in [-0.25, -0.2) is 0 Å². The number of fused-ring (bicyclic) bond motifs is 1. The lowest BCUT2D eigenvalue weighted by Gasteiger charge is -2.10. The molecule has 0 spiro atoms. The molecule has 1 heterocycles. The average molecular weight is 243 g/mol. The van der Waals surface area contributed by atoms with Gasteiger partial charge < -0.3 is 10.6 Å². The van der Waals surface area contributed by atoms with Crippen LogP contribution in [-0.4, -0.2) is 23.5 Å². The number of amides is 1. The van der Waals surface area contributed by atoms with Crippen molar-refractivity contribution in [1.82, 2.24) is 10.3 Å². The number of nitrogens with one attached hydrogen (secondary N) is 2. The minimum atomic E-state index is -0.0538. The van der Waals surface area contributed by atoms with Crippen molar-refractivity contribution in [1.29, 1.82) is 0 Å². The molecule has 1 aromatic heterocycles. The summed E-state index contributed by atoms with van der Waals surface area (Å²) in [5.74, 6) is -0.0538. The third-order valence-electron chi connectivity index (χ3n) is 2.58. The van der Waals surface area contributed by atoms with Crippen LogP contribution < -0.4 is 10.6 Å². The highest BCUT2D eigenvalue weighted by Crippen LogP contribution is 2.20. The molecule has 18 heavy (non-hydrogen) atoms. The summed E-state index contributed by atoms with van der Waals surface area (Å²) >= 11 is 0. The van der Waals surface area contributed by atoms with Gasteiger partial charge >= 0.3 is 0 Å². The second-order valence-electron chi connectivity index (χ2n) is 4.46. The predicted molar refractivity (Wildman–Crippen MR) is 73.5 cm³/mol. The SMILES string of the molecule is CC(C)NCC(=O)Nc1cccc2cccnc12. The molecule has 0 fully saturated rings. The third-order valence-corrected chi connectivity index (χ3v) is 2.58. The summed E-state index contributed by atoms with van der Waals surface area (Å²) in [4.78, 5) is 16.1. The van der Waals surface area contributed by atoms with Crippen molar-refractivity contribution in [3.63, 3.8) is 0 Å². The molecule has 0 aliphatic heterocycles. The zero-order chi connectivity index (χ0) is 13.0. The lowest BCUT2D eigenvalue weighted by atomic mass is 10.2. The molecule has 2 N–H and O–H groups in total. The van der Waals surface area contributed by atoms with Crippen LogP contribution in [0.4, 0.5) is 5.69 Å². The summed E-state index contributed by atoms with van der Waals surface area (Å²) in [7, 11) is 0. The van der Waals surface area contributed by atoms with Gasteiger partial charge in [0.2, 0.25) is 5.91 Å². The Bertz CT molecular complexity index is 546. The first-order valence-corrected chi connectivity index (χ1v) is 6.04. The molecule has 0 aliphatic carbocycles. The largest absolute Gasteiger partial charge is 0.323 e. The maximum Gasteiger partial charge on any atom is 0.238 e. The number of rotatable bonds is 4. The van der Waals surface area contributed by atoms with Crippen LogP contribution in [0.3, 0.4) is 0 Å². The molecule has 0 saturated carbocycles. The van der Waals surface area contributed by atoms with Crippen LogP contribution in [-0.2, 0) is 4.79 Å². The van der Waals surface area contributed by atoms with E-state index in [2.05, 4.69) is 15.6 Å². The van der Waals surface area contributed by atoms with Crippen molar-refractivity contribution in [2.45, 2.75) is 19.9 Å². The first-order valence-electron chi connectivity index (χ1n) is 6.04. The van der Waals surface area contributed by atoms with Crippen LogP contribution in [0, 0.1) is 0 Å². The molecule has 0 radical (unpaired) electrons. The lowest BCUT2D eigenvalue weighted by molar-refractivity contribution is -0.115. The fraction of sp³-hybridized carbons (Fsp3) is 0.286. The van der Waals surface area contributed by atoms with Crippen molar-refractivity contribution in [3.8, 4) is 0 Å². The second kappa shape index (κ2) is 5.60. The number of nitrogens with zero attached hydrogens (tertiary/aromatic N) is 1. The van der Waals surface area contributed by atoms with E-state index in [0.29, 0.717) is 12.6 Å². The van der Waals surface area contributed by atoms with Crippen molar-refractivity contribution in [3.05, 3.63) is 36.5 Å². The Morgan fingerprint density at radius 3 is 2.83 bits per heavy atom. The fourth-order valence-corrected chi connectivity index (χ4v) is 1.70. The molecule has 1 aromatic carbocycles. The van der Waals surface area contributed by atoms with E-state index in [1.807, 2.05) is 44.2 Å². The number of anilines is 1. The molecular weight excluding hydrogens is 226 g/mol. The summed E-state index contributed by atoms with van der Waals surface area (Å²) < 4.78 is 0. The zero-order valence-electron chi connectivity index (χ0n) is 10.6. The topological polar surface area (TPSA) is 54.0 Å². The van der Waals surface area contributed by atoms with Crippen LogP contribution in [0.5, 0.6) is 0 Å². The van der Waals surface area contributed by atoms with Gasteiger partial charge in [-0.1, -0.05) is 32.0 Å². The van der Waals surface area contributed by atoms with E-state index in [4.69, 9.17) is 0 Å². The molecule has 0 saturated heterocycles. The standard InChI is InChI=1S/C14H17N3O/c1-10(2)16-9-13(18)17-12-7-3-5-11-6-4-8-15-14(11)12/h3-8,10,16H,9H2,1-2H3,(H,17,18). The zero-order valence-corrected chi connectivity index (χ0v) is 10.6. The number of carbonyl (C=O) groups excluding carboxylic acids is 1. The van der Waals surface area contributed by atoms with Gasteiger partial charge in [-0.05, 0) is 12.1 Å². The van der Waals surface area contributed by atoms with E-state index in [1.54, 1.807) is 6.20 Å². The number of benzene rings is 1. The van der Waals surface area contributed by atoms with Crippen LogP contribution in [0.25, 0.3) is 10.9 Å². The summed E-state index contributed by atoms with van der Waals surface area (Å²) in [6, 6.07) is 9.91. The average Bonchev–Trinajstić information content (AvgIpc) is 2.37. The first-order chi connectivity index (χ1) is 8.66. The normalized spacial score (nSPS) is 10.8. The van der Waals surface area contributed by atoms with Gasteiger partial charge in [-0.15, -0.1) is 0 Å². The number of carbonyl (C=O) groups is 1. The fourth-order valence-electron chi connectivity index (χ4n) is 1.70. The summed E-state index contributed by atoms with van der Waals surface area (Å²) in [6.45, 7) is 4.32. The van der Waals surface area contributed by atoms with Crippen LogP contribution in [0.15, 0.2) is 36.5 Å². The van der Waals surface area contributed by atoms with Gasteiger partial charge in [0.15, 0.2) is 0 Å². The molecule has 4 heteroatoms. The van der Waals surface area contributed by atoms with E-state index >= 15 is 0 Å². The number of aromatic nitrogens is 1. The molecule has 0 unspecified atom stereocenters. The number of para-hydroxylation sites is 1.